The van der Waals surface area contributed by atoms with Gasteiger partial charge in [0.25, 0.3) is 0 Å². The normalized spacial score (nSPS) is 12.7. The summed E-state index contributed by atoms with van der Waals surface area (Å²) in [7, 11) is -3.95. The van der Waals surface area contributed by atoms with Gasteiger partial charge in [-0.25, -0.2) is 17.2 Å². The molecule has 0 N–H and O–H groups in total. The van der Waals surface area contributed by atoms with Gasteiger partial charge in [-0.3, -0.25) is 4.98 Å². The van der Waals surface area contributed by atoms with Gasteiger partial charge in [0.2, 0.25) is 0 Å². The second-order valence-corrected chi connectivity index (χ2v) is 8.26. The van der Waals surface area contributed by atoms with E-state index in [-0.39, 0.29) is 17.0 Å². The van der Waals surface area contributed by atoms with Gasteiger partial charge >= 0.3 is 0 Å². The first kappa shape index (κ1) is 18.5. The maximum absolute atomic E-state index is 14.4. The Morgan fingerprint density at radius 2 is 1.73 bits per heavy atom. The van der Waals surface area contributed by atoms with Crippen molar-refractivity contribution in [3.8, 4) is 0 Å². The third-order valence-corrected chi connectivity index (χ3v) is 6.04. The SMILES string of the molecule is O=S(=O)(Cc1ccc(Cl)cc1)C(c1ccccn1)c1cc(F)ccc1F. The van der Waals surface area contributed by atoms with E-state index in [0.717, 1.165) is 18.2 Å². The Hall–Kier alpha value is -2.31. The third kappa shape index (κ3) is 4.08. The molecule has 26 heavy (non-hydrogen) atoms. The maximum atomic E-state index is 14.4. The summed E-state index contributed by atoms with van der Waals surface area (Å²) in [6.07, 6.45) is 1.41. The van der Waals surface area contributed by atoms with Crippen molar-refractivity contribution in [1.29, 1.82) is 0 Å². The Labute approximate surface area is 155 Å². The average molecular weight is 394 g/mol. The minimum absolute atomic E-state index is 0.131. The van der Waals surface area contributed by atoms with Gasteiger partial charge in [-0.15, -0.1) is 0 Å². The highest BCUT2D eigenvalue weighted by Crippen LogP contribution is 2.33. The van der Waals surface area contributed by atoms with Crippen molar-refractivity contribution in [2.75, 3.05) is 0 Å². The van der Waals surface area contributed by atoms with Crippen LogP contribution in [0.1, 0.15) is 22.1 Å². The average Bonchev–Trinajstić information content (AvgIpc) is 2.61. The maximum Gasteiger partial charge on any atom is 0.167 e. The minimum Gasteiger partial charge on any atom is -0.260 e. The van der Waals surface area contributed by atoms with E-state index in [1.165, 1.54) is 12.3 Å². The fourth-order valence-corrected chi connectivity index (χ4v) is 4.70. The molecular formula is C19H14ClF2NO2S. The Kier molecular flexibility index (Phi) is 5.34. The van der Waals surface area contributed by atoms with E-state index >= 15 is 0 Å². The van der Waals surface area contributed by atoms with Crippen LogP contribution < -0.4 is 0 Å². The molecule has 3 nitrogen and oxygen atoms in total. The summed E-state index contributed by atoms with van der Waals surface area (Å²) >= 11 is 5.82. The second kappa shape index (κ2) is 7.51. The molecule has 3 aromatic rings. The first-order chi connectivity index (χ1) is 12.4. The standard InChI is InChI=1S/C19H14ClF2NO2S/c20-14-6-4-13(5-7-14)12-26(24,25)19(18-3-1-2-10-23-18)16-11-15(21)8-9-17(16)22/h1-11,19H,12H2. The summed E-state index contributed by atoms with van der Waals surface area (Å²) in [6, 6.07) is 13.8. The third-order valence-electron chi connectivity index (χ3n) is 3.84. The summed E-state index contributed by atoms with van der Waals surface area (Å²) in [5.74, 6) is -1.88. The van der Waals surface area contributed by atoms with Crippen molar-refractivity contribution in [2.45, 2.75) is 11.0 Å². The Balaban J connectivity index is 2.11. The van der Waals surface area contributed by atoms with Crippen LogP contribution in [0.5, 0.6) is 0 Å². The zero-order chi connectivity index (χ0) is 18.7. The van der Waals surface area contributed by atoms with Crippen LogP contribution in [0, 0.1) is 11.6 Å². The quantitative estimate of drug-likeness (QED) is 0.630. The molecule has 0 fully saturated rings. The van der Waals surface area contributed by atoms with Crippen LogP contribution in [-0.4, -0.2) is 13.4 Å². The summed E-state index contributed by atoms with van der Waals surface area (Å²) < 4.78 is 54.2. The van der Waals surface area contributed by atoms with Gasteiger partial charge in [-0.05, 0) is 48.0 Å². The lowest BCUT2D eigenvalue weighted by molar-refractivity contribution is 0.567. The molecule has 0 aliphatic heterocycles. The molecule has 0 amide bonds. The predicted octanol–water partition coefficient (Wildman–Crippen LogP) is 4.72. The topological polar surface area (TPSA) is 47.0 Å². The van der Waals surface area contributed by atoms with Crippen LogP contribution in [0.4, 0.5) is 8.78 Å². The number of nitrogens with zero attached hydrogens (tertiary/aromatic N) is 1. The molecule has 0 saturated carbocycles. The molecule has 1 heterocycles. The van der Waals surface area contributed by atoms with E-state index in [0.29, 0.717) is 10.6 Å². The summed E-state index contributed by atoms with van der Waals surface area (Å²) in [5.41, 5.74) is 0.357. The van der Waals surface area contributed by atoms with Crippen LogP contribution in [0.25, 0.3) is 0 Å². The first-order valence-electron chi connectivity index (χ1n) is 7.69. The van der Waals surface area contributed by atoms with Crippen LogP contribution in [0.15, 0.2) is 66.9 Å². The monoisotopic (exact) mass is 393 g/mol. The summed E-state index contributed by atoms with van der Waals surface area (Å²) in [5, 5.41) is -0.946. The second-order valence-electron chi connectivity index (χ2n) is 5.73. The van der Waals surface area contributed by atoms with Gasteiger partial charge in [0.1, 0.15) is 16.9 Å². The van der Waals surface area contributed by atoms with Crippen LogP contribution in [0.3, 0.4) is 0 Å². The molecule has 1 atom stereocenters. The summed E-state index contributed by atoms with van der Waals surface area (Å²) in [6.45, 7) is 0. The fourth-order valence-electron chi connectivity index (χ4n) is 2.68. The number of hydrogen-bond donors (Lipinski definition) is 0. The molecule has 0 aliphatic rings. The molecular weight excluding hydrogens is 380 g/mol. The molecule has 0 bridgehead atoms. The molecule has 1 unspecified atom stereocenters. The smallest absolute Gasteiger partial charge is 0.167 e. The molecule has 0 saturated heterocycles. The van der Waals surface area contributed by atoms with Crippen LogP contribution in [0.2, 0.25) is 5.02 Å². The van der Waals surface area contributed by atoms with Crippen LogP contribution >= 0.6 is 11.6 Å². The number of pyridine rings is 1. The van der Waals surface area contributed by atoms with Gasteiger partial charge in [-0.2, -0.15) is 0 Å². The van der Waals surface area contributed by atoms with Gasteiger partial charge < -0.3 is 0 Å². The van der Waals surface area contributed by atoms with Crippen molar-refractivity contribution in [3.05, 3.63) is 100 Å². The molecule has 0 aliphatic carbocycles. The number of benzene rings is 2. The molecule has 0 spiro atoms. The van der Waals surface area contributed by atoms with E-state index in [4.69, 9.17) is 11.6 Å². The van der Waals surface area contributed by atoms with Crippen molar-refractivity contribution in [1.82, 2.24) is 4.98 Å². The predicted molar refractivity (Wildman–Crippen MR) is 96.5 cm³/mol. The van der Waals surface area contributed by atoms with Gasteiger partial charge in [0.15, 0.2) is 9.84 Å². The van der Waals surface area contributed by atoms with E-state index in [1.54, 1.807) is 36.4 Å². The highest BCUT2D eigenvalue weighted by atomic mass is 35.5. The number of hydrogen-bond acceptors (Lipinski definition) is 3. The minimum atomic E-state index is -3.95. The molecule has 1 aromatic heterocycles. The highest BCUT2D eigenvalue weighted by molar-refractivity contribution is 7.91. The number of sulfone groups is 1. The Morgan fingerprint density at radius 3 is 2.38 bits per heavy atom. The summed E-state index contributed by atoms with van der Waals surface area (Å²) in [4.78, 5) is 4.06. The molecule has 134 valence electrons. The molecule has 0 radical (unpaired) electrons. The fraction of sp³-hybridized carbons (Fsp3) is 0.105. The Morgan fingerprint density at radius 1 is 1.00 bits per heavy atom. The lowest BCUT2D eigenvalue weighted by atomic mass is 10.1. The van der Waals surface area contributed by atoms with Crippen molar-refractivity contribution in [2.24, 2.45) is 0 Å². The van der Waals surface area contributed by atoms with E-state index < -0.39 is 26.7 Å². The Bertz CT molecular complexity index is 1010. The zero-order valence-electron chi connectivity index (χ0n) is 13.4. The first-order valence-corrected chi connectivity index (χ1v) is 9.78. The van der Waals surface area contributed by atoms with Crippen molar-refractivity contribution >= 4 is 21.4 Å². The lowest BCUT2D eigenvalue weighted by Gasteiger charge is -2.18. The number of rotatable bonds is 5. The molecule has 7 heteroatoms. The van der Waals surface area contributed by atoms with Gasteiger partial charge in [0.05, 0.1) is 11.4 Å². The van der Waals surface area contributed by atoms with Gasteiger partial charge in [-0.1, -0.05) is 29.8 Å². The van der Waals surface area contributed by atoms with Gasteiger partial charge in [0, 0.05) is 16.8 Å². The number of halogens is 3. The molecule has 3 rings (SSSR count). The number of aromatic nitrogens is 1. The van der Waals surface area contributed by atoms with Crippen LogP contribution in [-0.2, 0) is 15.6 Å². The van der Waals surface area contributed by atoms with E-state index in [1.807, 2.05) is 0 Å². The van der Waals surface area contributed by atoms with E-state index in [9.17, 15) is 17.2 Å². The lowest BCUT2D eigenvalue weighted by Crippen LogP contribution is -2.19. The van der Waals surface area contributed by atoms with Crippen molar-refractivity contribution in [3.63, 3.8) is 0 Å². The van der Waals surface area contributed by atoms with Crippen molar-refractivity contribution < 1.29 is 17.2 Å². The molecule has 2 aromatic carbocycles. The largest absolute Gasteiger partial charge is 0.260 e. The zero-order valence-corrected chi connectivity index (χ0v) is 15.0. The highest BCUT2D eigenvalue weighted by Gasteiger charge is 2.33. The van der Waals surface area contributed by atoms with E-state index in [2.05, 4.69) is 4.98 Å².